The van der Waals surface area contributed by atoms with Gasteiger partial charge in [0.05, 0.1) is 12.6 Å². The number of pyridine rings is 2. The number of hydrogen-bond donors (Lipinski definition) is 1. The molecule has 1 N–H and O–H groups in total. The Hall–Kier alpha value is -2.60. The highest BCUT2D eigenvalue weighted by atomic mass is 16.5. The van der Waals surface area contributed by atoms with Crippen LogP contribution in [0.4, 0.5) is 0 Å². The maximum Gasteiger partial charge on any atom is 0.137 e. The molecule has 29 heavy (non-hydrogen) atoms. The molecule has 5 nitrogen and oxygen atoms in total. The fourth-order valence-electron chi connectivity index (χ4n) is 4.54. The highest BCUT2D eigenvalue weighted by molar-refractivity contribution is 5.39. The molecule has 3 aromatic rings. The predicted octanol–water partition coefficient (Wildman–Crippen LogP) is 3.56. The molecule has 0 amide bonds. The Morgan fingerprint density at radius 1 is 1.03 bits per heavy atom. The first-order chi connectivity index (χ1) is 14.2. The van der Waals surface area contributed by atoms with E-state index in [0.717, 1.165) is 36.1 Å². The fourth-order valence-corrected chi connectivity index (χ4v) is 4.54. The molecule has 0 radical (unpaired) electrons. The van der Waals surface area contributed by atoms with Gasteiger partial charge in [0.1, 0.15) is 5.60 Å². The zero-order valence-corrected chi connectivity index (χ0v) is 16.7. The van der Waals surface area contributed by atoms with Crippen LogP contribution in [0.1, 0.15) is 35.6 Å². The Kier molecular flexibility index (Phi) is 6.00. The number of aliphatic hydroxyl groups is 1. The minimum atomic E-state index is -1.31. The normalized spacial score (nSPS) is 18.6. The zero-order valence-electron chi connectivity index (χ0n) is 16.7. The van der Waals surface area contributed by atoms with Crippen LogP contribution in [-0.2, 0) is 10.3 Å². The number of likely N-dealkylation sites (tertiary alicyclic amines) is 1. The second-order valence-electron chi connectivity index (χ2n) is 7.55. The summed E-state index contributed by atoms with van der Waals surface area (Å²) < 4.78 is 5.52. The third-order valence-electron chi connectivity index (χ3n) is 5.83. The standard InChI is InChI=1S/C24H27N3O2/c1-29-18-22-12-7-15-27(22)23(19-8-3-2-4-9-19)24(28,20-10-5-13-25-16-20)21-11-6-14-26-17-21/h2-6,8-11,13-14,16-17,22-23,28H,7,12,15,18H2,1H3. The van der Waals surface area contributed by atoms with Crippen molar-refractivity contribution in [2.45, 2.75) is 30.5 Å². The quantitative estimate of drug-likeness (QED) is 0.670. The third-order valence-corrected chi connectivity index (χ3v) is 5.83. The van der Waals surface area contributed by atoms with Crippen LogP contribution >= 0.6 is 0 Å². The first-order valence-corrected chi connectivity index (χ1v) is 10.1. The van der Waals surface area contributed by atoms with Crippen molar-refractivity contribution >= 4 is 0 Å². The fraction of sp³-hybridized carbons (Fsp3) is 0.333. The molecule has 1 aliphatic rings. The summed E-state index contributed by atoms with van der Waals surface area (Å²) >= 11 is 0. The highest BCUT2D eigenvalue weighted by Gasteiger charge is 2.47. The summed E-state index contributed by atoms with van der Waals surface area (Å²) in [5.74, 6) is 0. The average molecular weight is 389 g/mol. The number of aromatic nitrogens is 2. The van der Waals surface area contributed by atoms with Gasteiger partial charge in [-0.3, -0.25) is 14.9 Å². The zero-order chi connectivity index (χ0) is 20.1. The molecular weight excluding hydrogens is 362 g/mol. The maximum absolute atomic E-state index is 12.5. The number of benzene rings is 1. The molecule has 3 heterocycles. The lowest BCUT2D eigenvalue weighted by atomic mass is 9.77. The lowest BCUT2D eigenvalue weighted by Gasteiger charge is -2.44. The second kappa shape index (κ2) is 8.82. The van der Waals surface area contributed by atoms with E-state index in [2.05, 4.69) is 27.0 Å². The van der Waals surface area contributed by atoms with E-state index in [0.29, 0.717) is 6.61 Å². The Balaban J connectivity index is 1.92. The van der Waals surface area contributed by atoms with Crippen molar-refractivity contribution in [3.8, 4) is 0 Å². The predicted molar refractivity (Wildman–Crippen MR) is 112 cm³/mol. The first-order valence-electron chi connectivity index (χ1n) is 10.1. The maximum atomic E-state index is 12.5. The van der Waals surface area contributed by atoms with Crippen LogP contribution in [0.2, 0.25) is 0 Å². The van der Waals surface area contributed by atoms with Crippen molar-refractivity contribution in [3.63, 3.8) is 0 Å². The molecule has 2 aromatic heterocycles. The molecule has 0 bridgehead atoms. The molecule has 0 saturated carbocycles. The summed E-state index contributed by atoms with van der Waals surface area (Å²) in [6.07, 6.45) is 9.10. The van der Waals surface area contributed by atoms with Gasteiger partial charge < -0.3 is 9.84 Å². The van der Waals surface area contributed by atoms with Crippen LogP contribution < -0.4 is 0 Å². The molecule has 2 unspecified atom stereocenters. The van der Waals surface area contributed by atoms with Crippen LogP contribution in [0.3, 0.4) is 0 Å². The van der Waals surface area contributed by atoms with Crippen molar-refractivity contribution in [1.82, 2.24) is 14.9 Å². The highest BCUT2D eigenvalue weighted by Crippen LogP contribution is 2.46. The van der Waals surface area contributed by atoms with E-state index in [1.807, 2.05) is 42.5 Å². The van der Waals surface area contributed by atoms with E-state index in [1.165, 1.54) is 0 Å². The Bertz CT molecular complexity index is 850. The summed E-state index contributed by atoms with van der Waals surface area (Å²) in [6.45, 7) is 1.54. The second-order valence-corrected chi connectivity index (χ2v) is 7.55. The van der Waals surface area contributed by atoms with Gasteiger partial charge in [-0.2, -0.15) is 0 Å². The van der Waals surface area contributed by atoms with Crippen LogP contribution in [0.25, 0.3) is 0 Å². The SMILES string of the molecule is COCC1CCCN1C(c1ccccc1)C(O)(c1cccnc1)c1cccnc1. The van der Waals surface area contributed by atoms with Crippen molar-refractivity contribution in [1.29, 1.82) is 0 Å². The molecule has 0 aliphatic carbocycles. The number of methoxy groups -OCH3 is 1. The van der Waals surface area contributed by atoms with E-state index >= 15 is 0 Å². The van der Waals surface area contributed by atoms with Crippen molar-refractivity contribution in [3.05, 3.63) is 96.1 Å². The van der Waals surface area contributed by atoms with E-state index in [-0.39, 0.29) is 12.1 Å². The van der Waals surface area contributed by atoms with Gasteiger partial charge in [-0.05, 0) is 37.1 Å². The molecule has 1 aromatic carbocycles. The Morgan fingerprint density at radius 2 is 1.69 bits per heavy atom. The van der Waals surface area contributed by atoms with E-state index in [9.17, 15) is 5.11 Å². The molecule has 2 atom stereocenters. The van der Waals surface area contributed by atoms with Gasteiger partial charge in [0, 0.05) is 49.1 Å². The summed E-state index contributed by atoms with van der Waals surface area (Å²) in [5.41, 5.74) is 1.26. The van der Waals surface area contributed by atoms with E-state index in [4.69, 9.17) is 4.74 Å². The minimum Gasteiger partial charge on any atom is -0.383 e. The van der Waals surface area contributed by atoms with Gasteiger partial charge >= 0.3 is 0 Å². The van der Waals surface area contributed by atoms with Crippen LogP contribution in [0.15, 0.2) is 79.4 Å². The topological polar surface area (TPSA) is 58.5 Å². The molecule has 1 fully saturated rings. The summed E-state index contributed by atoms with van der Waals surface area (Å²) in [4.78, 5) is 11.0. The average Bonchev–Trinajstić information content (AvgIpc) is 3.23. The van der Waals surface area contributed by atoms with Crippen molar-refractivity contribution in [2.24, 2.45) is 0 Å². The molecular formula is C24H27N3O2. The van der Waals surface area contributed by atoms with Gasteiger partial charge in [0.25, 0.3) is 0 Å². The number of ether oxygens (including phenoxy) is 1. The number of nitrogens with zero attached hydrogens (tertiary/aromatic N) is 3. The van der Waals surface area contributed by atoms with E-state index < -0.39 is 5.60 Å². The largest absolute Gasteiger partial charge is 0.383 e. The summed E-state index contributed by atoms with van der Waals surface area (Å²) in [5, 5.41) is 12.5. The van der Waals surface area contributed by atoms with Crippen molar-refractivity contribution in [2.75, 3.05) is 20.3 Å². The first kappa shape index (κ1) is 19.7. The van der Waals surface area contributed by atoms with Crippen LogP contribution in [0.5, 0.6) is 0 Å². The Morgan fingerprint density at radius 3 is 2.24 bits per heavy atom. The molecule has 1 saturated heterocycles. The molecule has 0 spiro atoms. The van der Waals surface area contributed by atoms with Gasteiger partial charge in [0.15, 0.2) is 0 Å². The van der Waals surface area contributed by atoms with Gasteiger partial charge in [-0.25, -0.2) is 0 Å². The molecule has 5 heteroatoms. The minimum absolute atomic E-state index is 0.241. The van der Waals surface area contributed by atoms with Crippen LogP contribution in [0, 0.1) is 0 Å². The van der Waals surface area contributed by atoms with Crippen LogP contribution in [-0.4, -0.2) is 46.3 Å². The lowest BCUT2D eigenvalue weighted by Crippen LogP contribution is -2.48. The molecule has 150 valence electrons. The lowest BCUT2D eigenvalue weighted by molar-refractivity contribution is -0.0391. The van der Waals surface area contributed by atoms with Gasteiger partial charge in [0.2, 0.25) is 0 Å². The number of hydrogen-bond acceptors (Lipinski definition) is 5. The van der Waals surface area contributed by atoms with E-state index in [1.54, 1.807) is 31.9 Å². The smallest absolute Gasteiger partial charge is 0.137 e. The molecule has 1 aliphatic heterocycles. The summed E-state index contributed by atoms with van der Waals surface area (Å²) in [6, 6.07) is 17.8. The summed E-state index contributed by atoms with van der Waals surface area (Å²) in [7, 11) is 1.74. The van der Waals surface area contributed by atoms with Gasteiger partial charge in [-0.15, -0.1) is 0 Å². The monoisotopic (exact) mass is 389 g/mol. The van der Waals surface area contributed by atoms with Gasteiger partial charge in [-0.1, -0.05) is 42.5 Å². The molecule has 4 rings (SSSR count). The third kappa shape index (κ3) is 3.81. The number of rotatable bonds is 7. The van der Waals surface area contributed by atoms with Crippen molar-refractivity contribution < 1.29 is 9.84 Å². The Labute approximate surface area is 172 Å².